The molecule has 2 aliphatic rings. The first-order valence-electron chi connectivity index (χ1n) is 8.67. The normalized spacial score (nSPS) is 20.8. The van der Waals surface area contributed by atoms with Crippen molar-refractivity contribution in [2.75, 3.05) is 13.3 Å². The van der Waals surface area contributed by atoms with Gasteiger partial charge in [-0.05, 0) is 54.2 Å². The van der Waals surface area contributed by atoms with Gasteiger partial charge in [0.15, 0.2) is 6.79 Å². The lowest BCUT2D eigenvalue weighted by atomic mass is 10.1. The highest BCUT2D eigenvalue weighted by Crippen LogP contribution is 2.47. The van der Waals surface area contributed by atoms with Gasteiger partial charge < -0.3 is 14.8 Å². The van der Waals surface area contributed by atoms with Gasteiger partial charge >= 0.3 is 0 Å². The zero-order valence-electron chi connectivity index (χ0n) is 14.1. The average molecular weight is 420 g/mol. The monoisotopic (exact) mass is 419 g/mol. The number of rotatable bonds is 5. The minimum Gasteiger partial charge on any atom is -0.467 e. The molecule has 0 aromatic heterocycles. The standard InChI is InChI=1S/C20H19BrFNO3/c21-15-3-1-12(2-4-15)17-9-18(17)20(24)23-6-5-13-7-16(22)8-14-10-25-11-26-19(13)14/h1-4,7-8,17-18H,5-6,9-11H2,(H,23,24). The number of halogens is 2. The summed E-state index contributed by atoms with van der Waals surface area (Å²) in [7, 11) is 0. The third-order valence-electron chi connectivity index (χ3n) is 4.87. The Morgan fingerprint density at radius 3 is 2.88 bits per heavy atom. The van der Waals surface area contributed by atoms with Crippen LogP contribution < -0.4 is 10.1 Å². The van der Waals surface area contributed by atoms with Gasteiger partial charge in [0.25, 0.3) is 0 Å². The topological polar surface area (TPSA) is 47.6 Å². The molecule has 4 nitrogen and oxygen atoms in total. The highest BCUT2D eigenvalue weighted by Gasteiger charge is 2.43. The molecule has 136 valence electrons. The van der Waals surface area contributed by atoms with Crippen molar-refractivity contribution in [1.82, 2.24) is 5.32 Å². The molecule has 1 fully saturated rings. The van der Waals surface area contributed by atoms with Crippen molar-refractivity contribution in [1.29, 1.82) is 0 Å². The number of carbonyl (C=O) groups excluding carboxylic acids is 1. The van der Waals surface area contributed by atoms with Crippen LogP contribution in [0.5, 0.6) is 5.75 Å². The number of amides is 1. The molecule has 2 aromatic rings. The van der Waals surface area contributed by atoms with Crippen LogP contribution in [-0.4, -0.2) is 19.2 Å². The Bertz CT molecular complexity index is 825. The molecule has 2 aromatic carbocycles. The summed E-state index contributed by atoms with van der Waals surface area (Å²) in [5, 5.41) is 2.97. The Kier molecular flexibility index (Phi) is 4.96. The molecule has 1 saturated carbocycles. The molecule has 4 rings (SSSR count). The molecule has 0 bridgehead atoms. The van der Waals surface area contributed by atoms with E-state index in [0.29, 0.717) is 31.2 Å². The fourth-order valence-electron chi connectivity index (χ4n) is 3.46. The Balaban J connectivity index is 1.32. The predicted molar refractivity (Wildman–Crippen MR) is 98.4 cm³/mol. The van der Waals surface area contributed by atoms with Crippen LogP contribution in [0.4, 0.5) is 4.39 Å². The summed E-state index contributed by atoms with van der Waals surface area (Å²) in [4.78, 5) is 12.4. The summed E-state index contributed by atoms with van der Waals surface area (Å²) >= 11 is 3.42. The lowest BCUT2D eigenvalue weighted by molar-refractivity contribution is -0.122. The maximum absolute atomic E-state index is 13.7. The fraction of sp³-hybridized carbons (Fsp3) is 0.350. The molecule has 2 unspecified atom stereocenters. The lowest BCUT2D eigenvalue weighted by Gasteiger charge is -2.21. The largest absolute Gasteiger partial charge is 0.467 e. The van der Waals surface area contributed by atoms with Crippen LogP contribution in [-0.2, 0) is 22.6 Å². The number of benzene rings is 2. The van der Waals surface area contributed by atoms with Gasteiger partial charge in [0.1, 0.15) is 11.6 Å². The van der Waals surface area contributed by atoms with E-state index in [4.69, 9.17) is 9.47 Å². The van der Waals surface area contributed by atoms with E-state index in [1.54, 1.807) is 0 Å². The van der Waals surface area contributed by atoms with Crippen LogP contribution in [0, 0.1) is 11.7 Å². The van der Waals surface area contributed by atoms with Crippen molar-refractivity contribution in [3.63, 3.8) is 0 Å². The van der Waals surface area contributed by atoms with E-state index in [2.05, 4.69) is 33.4 Å². The first-order chi connectivity index (χ1) is 12.6. The third-order valence-corrected chi connectivity index (χ3v) is 5.40. The van der Waals surface area contributed by atoms with E-state index in [0.717, 1.165) is 22.0 Å². The molecular weight excluding hydrogens is 401 g/mol. The molecule has 1 amide bonds. The van der Waals surface area contributed by atoms with E-state index in [1.165, 1.54) is 17.7 Å². The van der Waals surface area contributed by atoms with E-state index < -0.39 is 0 Å². The number of hydrogen-bond donors (Lipinski definition) is 1. The molecule has 0 spiro atoms. The van der Waals surface area contributed by atoms with Crippen molar-refractivity contribution >= 4 is 21.8 Å². The molecule has 0 radical (unpaired) electrons. The first-order valence-corrected chi connectivity index (χ1v) is 9.46. The fourth-order valence-corrected chi connectivity index (χ4v) is 3.72. The summed E-state index contributed by atoms with van der Waals surface area (Å²) in [6, 6.07) is 11.0. The lowest BCUT2D eigenvalue weighted by Crippen LogP contribution is -2.28. The summed E-state index contributed by atoms with van der Waals surface area (Å²) in [5.41, 5.74) is 2.68. The van der Waals surface area contributed by atoms with Crippen LogP contribution >= 0.6 is 15.9 Å². The number of hydrogen-bond acceptors (Lipinski definition) is 3. The Morgan fingerprint density at radius 2 is 2.08 bits per heavy atom. The molecule has 2 atom stereocenters. The SMILES string of the molecule is O=C(NCCc1cc(F)cc2c1OCOC2)C1CC1c1ccc(Br)cc1. The molecule has 1 heterocycles. The summed E-state index contributed by atoms with van der Waals surface area (Å²) in [6.45, 7) is 0.987. The van der Waals surface area contributed by atoms with Crippen LogP contribution in [0.3, 0.4) is 0 Å². The Labute approximate surface area is 159 Å². The number of carbonyl (C=O) groups is 1. The van der Waals surface area contributed by atoms with Crippen molar-refractivity contribution < 1.29 is 18.7 Å². The Hall–Kier alpha value is -1.92. The number of fused-ring (bicyclic) bond motifs is 1. The van der Waals surface area contributed by atoms with Crippen LogP contribution in [0.25, 0.3) is 0 Å². The smallest absolute Gasteiger partial charge is 0.223 e. The zero-order chi connectivity index (χ0) is 18.1. The molecule has 1 aliphatic heterocycles. The average Bonchev–Trinajstić information content (AvgIpc) is 3.43. The maximum Gasteiger partial charge on any atom is 0.223 e. The second-order valence-electron chi connectivity index (χ2n) is 6.71. The van der Waals surface area contributed by atoms with Gasteiger partial charge in [0.2, 0.25) is 5.91 Å². The highest BCUT2D eigenvalue weighted by molar-refractivity contribution is 9.10. The first kappa shape index (κ1) is 17.5. The van der Waals surface area contributed by atoms with Gasteiger partial charge in [-0.25, -0.2) is 4.39 Å². The van der Waals surface area contributed by atoms with Gasteiger partial charge in [-0.15, -0.1) is 0 Å². The van der Waals surface area contributed by atoms with E-state index in [-0.39, 0.29) is 24.4 Å². The zero-order valence-corrected chi connectivity index (χ0v) is 15.7. The summed E-state index contributed by atoms with van der Waals surface area (Å²) in [5.74, 6) is 0.767. The number of nitrogens with one attached hydrogen (secondary N) is 1. The van der Waals surface area contributed by atoms with E-state index in [1.807, 2.05) is 12.1 Å². The molecule has 1 aliphatic carbocycles. The number of ether oxygens (including phenoxy) is 2. The molecular formula is C20H19BrFNO3. The minimum atomic E-state index is -0.309. The highest BCUT2D eigenvalue weighted by atomic mass is 79.9. The summed E-state index contributed by atoms with van der Waals surface area (Å²) in [6.07, 6.45) is 1.41. The molecule has 1 N–H and O–H groups in total. The summed E-state index contributed by atoms with van der Waals surface area (Å²) < 4.78 is 25.5. The van der Waals surface area contributed by atoms with Crippen LogP contribution in [0.1, 0.15) is 29.0 Å². The molecule has 6 heteroatoms. The van der Waals surface area contributed by atoms with E-state index >= 15 is 0 Å². The van der Waals surface area contributed by atoms with E-state index in [9.17, 15) is 9.18 Å². The molecule has 0 saturated heterocycles. The quantitative estimate of drug-likeness (QED) is 0.798. The van der Waals surface area contributed by atoms with Crippen molar-refractivity contribution in [2.24, 2.45) is 5.92 Å². The van der Waals surface area contributed by atoms with Gasteiger partial charge in [0, 0.05) is 22.5 Å². The van der Waals surface area contributed by atoms with Crippen molar-refractivity contribution in [2.45, 2.75) is 25.4 Å². The maximum atomic E-state index is 13.7. The van der Waals surface area contributed by atoms with Crippen LogP contribution in [0.15, 0.2) is 40.9 Å². The van der Waals surface area contributed by atoms with Crippen molar-refractivity contribution in [3.8, 4) is 5.75 Å². The van der Waals surface area contributed by atoms with Gasteiger partial charge in [-0.2, -0.15) is 0 Å². The second-order valence-corrected chi connectivity index (χ2v) is 7.62. The minimum absolute atomic E-state index is 0.0299. The van der Waals surface area contributed by atoms with Gasteiger partial charge in [-0.3, -0.25) is 4.79 Å². The van der Waals surface area contributed by atoms with Crippen molar-refractivity contribution in [3.05, 3.63) is 63.4 Å². The molecule has 26 heavy (non-hydrogen) atoms. The van der Waals surface area contributed by atoms with Gasteiger partial charge in [-0.1, -0.05) is 28.1 Å². The van der Waals surface area contributed by atoms with Gasteiger partial charge in [0.05, 0.1) is 6.61 Å². The van der Waals surface area contributed by atoms with Crippen LogP contribution in [0.2, 0.25) is 0 Å². The predicted octanol–water partition coefficient (Wildman–Crippen LogP) is 3.92. The third kappa shape index (κ3) is 3.76. The Morgan fingerprint density at radius 1 is 1.27 bits per heavy atom. The second kappa shape index (κ2) is 7.37.